The Labute approximate surface area is 111 Å². The molecule has 0 saturated heterocycles. The maximum Gasteiger partial charge on any atom is 0.258 e. The Morgan fingerprint density at radius 1 is 1.53 bits per heavy atom. The lowest BCUT2D eigenvalue weighted by Gasteiger charge is -2.13. The highest BCUT2D eigenvalue weighted by atomic mass is 16.3. The average Bonchev–Trinajstić information content (AvgIpc) is 2.33. The number of pyridine rings is 1. The highest BCUT2D eigenvalue weighted by Crippen LogP contribution is 2.16. The van der Waals surface area contributed by atoms with E-state index >= 15 is 0 Å². The third-order valence-electron chi connectivity index (χ3n) is 2.83. The van der Waals surface area contributed by atoms with Crippen molar-refractivity contribution in [2.75, 3.05) is 13.6 Å². The average molecular weight is 257 g/mol. The van der Waals surface area contributed by atoms with Crippen LogP contribution < -0.4 is 5.56 Å². The van der Waals surface area contributed by atoms with Crippen molar-refractivity contribution >= 4 is 5.65 Å². The molecule has 2 rings (SSSR count). The monoisotopic (exact) mass is 257 g/mol. The van der Waals surface area contributed by atoms with E-state index in [0.29, 0.717) is 18.8 Å². The van der Waals surface area contributed by atoms with Gasteiger partial charge in [-0.25, -0.2) is 4.98 Å². The number of hydrogen-bond acceptors (Lipinski definition) is 4. The first-order chi connectivity index (χ1) is 9.02. The second kappa shape index (κ2) is 5.12. The van der Waals surface area contributed by atoms with Crippen LogP contribution in [-0.4, -0.2) is 33.0 Å². The summed E-state index contributed by atoms with van der Waals surface area (Å²) in [4.78, 5) is 18.3. The van der Waals surface area contributed by atoms with Gasteiger partial charge in [0, 0.05) is 18.3 Å². The van der Waals surface area contributed by atoms with E-state index in [-0.39, 0.29) is 17.0 Å². The summed E-state index contributed by atoms with van der Waals surface area (Å²) in [5.41, 5.74) is 1.39. The molecule has 0 aromatic carbocycles. The van der Waals surface area contributed by atoms with E-state index in [4.69, 9.17) is 6.42 Å². The van der Waals surface area contributed by atoms with Crippen LogP contribution in [0.2, 0.25) is 0 Å². The smallest absolute Gasteiger partial charge is 0.258 e. The van der Waals surface area contributed by atoms with Crippen LogP contribution in [0.3, 0.4) is 0 Å². The Kier molecular flexibility index (Phi) is 3.54. The standard InChI is InChI=1S/C14H15N3O2/c1-4-7-16(3)9-11-8-13(19)17-10(2)5-6-12(18)14(17)15-11/h1,5-6,8,18H,7,9H2,2-3H3. The van der Waals surface area contributed by atoms with Crippen molar-refractivity contribution in [3.63, 3.8) is 0 Å². The predicted octanol–water partition coefficient (Wildman–Crippen LogP) is 0.774. The molecule has 0 aliphatic heterocycles. The molecule has 0 radical (unpaired) electrons. The molecule has 0 bridgehead atoms. The van der Waals surface area contributed by atoms with Crippen molar-refractivity contribution in [2.45, 2.75) is 13.5 Å². The molecule has 0 amide bonds. The minimum absolute atomic E-state index is 0.0100. The molecule has 2 aromatic heterocycles. The van der Waals surface area contributed by atoms with Crippen molar-refractivity contribution in [3.8, 4) is 18.1 Å². The topological polar surface area (TPSA) is 57.8 Å². The summed E-state index contributed by atoms with van der Waals surface area (Å²) in [6.07, 6.45) is 5.23. The summed E-state index contributed by atoms with van der Waals surface area (Å²) in [5, 5.41) is 9.81. The van der Waals surface area contributed by atoms with Gasteiger partial charge < -0.3 is 5.11 Å². The highest BCUT2D eigenvalue weighted by Gasteiger charge is 2.09. The molecule has 0 fully saturated rings. The molecule has 2 heterocycles. The summed E-state index contributed by atoms with van der Waals surface area (Å²) in [5.74, 6) is 2.52. The first-order valence-corrected chi connectivity index (χ1v) is 5.86. The second-order valence-electron chi connectivity index (χ2n) is 4.48. The van der Waals surface area contributed by atoms with Crippen LogP contribution >= 0.6 is 0 Å². The van der Waals surface area contributed by atoms with Crippen LogP contribution in [0.25, 0.3) is 5.65 Å². The number of rotatable bonds is 3. The van der Waals surface area contributed by atoms with Crippen molar-refractivity contribution in [1.82, 2.24) is 14.3 Å². The zero-order valence-electron chi connectivity index (χ0n) is 10.9. The van der Waals surface area contributed by atoms with Crippen molar-refractivity contribution in [3.05, 3.63) is 39.9 Å². The van der Waals surface area contributed by atoms with Crippen LogP contribution in [0.15, 0.2) is 23.0 Å². The van der Waals surface area contributed by atoms with Crippen LogP contribution in [0.4, 0.5) is 0 Å². The maximum atomic E-state index is 12.1. The molecule has 2 aromatic rings. The fourth-order valence-corrected chi connectivity index (χ4v) is 1.96. The van der Waals surface area contributed by atoms with Gasteiger partial charge in [0.1, 0.15) is 0 Å². The number of hydrogen-bond donors (Lipinski definition) is 1. The van der Waals surface area contributed by atoms with Gasteiger partial charge in [-0.1, -0.05) is 5.92 Å². The first-order valence-electron chi connectivity index (χ1n) is 5.86. The molecule has 98 valence electrons. The number of fused-ring (bicyclic) bond motifs is 1. The zero-order chi connectivity index (χ0) is 14.0. The third-order valence-corrected chi connectivity index (χ3v) is 2.83. The first kappa shape index (κ1) is 13.1. The van der Waals surface area contributed by atoms with Gasteiger partial charge >= 0.3 is 0 Å². The summed E-state index contributed by atoms with van der Waals surface area (Å²) >= 11 is 0. The van der Waals surface area contributed by atoms with E-state index in [2.05, 4.69) is 10.9 Å². The minimum atomic E-state index is -0.206. The summed E-state index contributed by atoms with van der Waals surface area (Å²) in [7, 11) is 1.85. The van der Waals surface area contributed by atoms with Gasteiger partial charge in [0.05, 0.1) is 12.2 Å². The van der Waals surface area contributed by atoms with Crippen LogP contribution in [-0.2, 0) is 6.54 Å². The van der Waals surface area contributed by atoms with Gasteiger partial charge in [0.15, 0.2) is 11.4 Å². The van der Waals surface area contributed by atoms with Crippen molar-refractivity contribution in [1.29, 1.82) is 0 Å². The molecular formula is C14H15N3O2. The molecule has 0 saturated carbocycles. The van der Waals surface area contributed by atoms with E-state index in [0.717, 1.165) is 5.69 Å². The number of nitrogens with zero attached hydrogens (tertiary/aromatic N) is 3. The summed E-state index contributed by atoms with van der Waals surface area (Å²) in [6, 6.07) is 4.67. The SMILES string of the molecule is C#CCN(C)Cc1cc(=O)n2c(C)ccc(O)c2n1. The number of aromatic hydroxyl groups is 1. The largest absolute Gasteiger partial charge is 0.504 e. The number of terminal acetylenes is 1. The highest BCUT2D eigenvalue weighted by molar-refractivity contribution is 5.53. The summed E-state index contributed by atoms with van der Waals surface area (Å²) < 4.78 is 1.39. The normalized spacial score (nSPS) is 10.8. The van der Waals surface area contributed by atoms with Gasteiger partial charge in [-0.2, -0.15) is 0 Å². The minimum Gasteiger partial charge on any atom is -0.504 e. The fraction of sp³-hybridized carbons (Fsp3) is 0.286. The molecule has 0 aliphatic carbocycles. The van der Waals surface area contributed by atoms with E-state index in [9.17, 15) is 9.90 Å². The van der Waals surface area contributed by atoms with E-state index in [1.807, 2.05) is 11.9 Å². The van der Waals surface area contributed by atoms with Crippen molar-refractivity contribution in [2.24, 2.45) is 0 Å². The Hall–Kier alpha value is -2.32. The van der Waals surface area contributed by atoms with Gasteiger partial charge in [0.25, 0.3) is 5.56 Å². The molecular weight excluding hydrogens is 242 g/mol. The second-order valence-corrected chi connectivity index (χ2v) is 4.48. The Bertz CT molecular complexity index is 713. The third kappa shape index (κ3) is 2.59. The number of aromatic nitrogens is 2. The number of aryl methyl sites for hydroxylation is 1. The Morgan fingerprint density at radius 3 is 2.95 bits per heavy atom. The molecule has 0 aliphatic rings. The Morgan fingerprint density at radius 2 is 2.26 bits per heavy atom. The molecule has 0 atom stereocenters. The molecule has 5 nitrogen and oxygen atoms in total. The summed E-state index contributed by atoms with van der Waals surface area (Å²) in [6.45, 7) is 2.73. The van der Waals surface area contributed by atoms with Gasteiger partial charge in [-0.15, -0.1) is 6.42 Å². The maximum absolute atomic E-state index is 12.1. The lowest BCUT2D eigenvalue weighted by atomic mass is 10.3. The lowest BCUT2D eigenvalue weighted by Crippen LogP contribution is -2.23. The zero-order valence-corrected chi connectivity index (χ0v) is 10.9. The van der Waals surface area contributed by atoms with Crippen molar-refractivity contribution < 1.29 is 5.11 Å². The van der Waals surface area contributed by atoms with E-state index in [1.54, 1.807) is 13.0 Å². The molecule has 0 unspecified atom stereocenters. The molecule has 5 heteroatoms. The predicted molar refractivity (Wildman–Crippen MR) is 73.0 cm³/mol. The Balaban J connectivity index is 2.53. The lowest BCUT2D eigenvalue weighted by molar-refractivity contribution is 0.364. The molecule has 0 spiro atoms. The van der Waals surface area contributed by atoms with Gasteiger partial charge in [-0.05, 0) is 26.1 Å². The van der Waals surface area contributed by atoms with Crippen LogP contribution in [0, 0.1) is 19.3 Å². The van der Waals surface area contributed by atoms with Crippen LogP contribution in [0.1, 0.15) is 11.4 Å². The molecule has 1 N–H and O–H groups in total. The van der Waals surface area contributed by atoms with E-state index < -0.39 is 0 Å². The van der Waals surface area contributed by atoms with Gasteiger partial charge in [-0.3, -0.25) is 14.1 Å². The fourth-order valence-electron chi connectivity index (χ4n) is 1.96. The van der Waals surface area contributed by atoms with E-state index in [1.165, 1.54) is 16.5 Å². The molecule has 19 heavy (non-hydrogen) atoms. The quantitative estimate of drug-likeness (QED) is 0.825. The van der Waals surface area contributed by atoms with Gasteiger partial charge in [0.2, 0.25) is 0 Å². The van der Waals surface area contributed by atoms with Crippen LogP contribution in [0.5, 0.6) is 5.75 Å².